The van der Waals surface area contributed by atoms with Gasteiger partial charge < -0.3 is 9.84 Å². The highest BCUT2D eigenvalue weighted by Gasteiger charge is 1.95. The summed E-state index contributed by atoms with van der Waals surface area (Å²) >= 11 is 0. The molecule has 1 atom stereocenters. The second kappa shape index (κ2) is 5.90. The predicted octanol–water partition coefficient (Wildman–Crippen LogP) is 2.09. The molecule has 1 aromatic rings. The van der Waals surface area contributed by atoms with Crippen LogP contribution >= 0.6 is 0 Å². The van der Waals surface area contributed by atoms with Crippen LogP contribution in [0.15, 0.2) is 30.3 Å². The topological polar surface area (TPSA) is 29.5 Å². The van der Waals surface area contributed by atoms with E-state index in [1.165, 1.54) is 0 Å². The number of hydrogen-bond donors (Lipinski definition) is 1. The Morgan fingerprint density at radius 3 is 2.67 bits per heavy atom. The molecule has 0 aromatic heterocycles. The maximum Gasteiger partial charge on any atom is 0.118 e. The summed E-state index contributed by atoms with van der Waals surface area (Å²) in [6.45, 7) is 0. The van der Waals surface area contributed by atoms with Crippen molar-refractivity contribution >= 4 is 6.08 Å². The first kappa shape index (κ1) is 11.4. The van der Waals surface area contributed by atoms with Gasteiger partial charge in [-0.15, -0.1) is 12.3 Å². The lowest BCUT2D eigenvalue weighted by molar-refractivity contribution is 0.230. The predicted molar refractivity (Wildman–Crippen MR) is 61.5 cm³/mol. The lowest BCUT2D eigenvalue weighted by Gasteiger charge is -2.00. The van der Waals surface area contributed by atoms with E-state index >= 15 is 0 Å². The molecule has 2 nitrogen and oxygen atoms in total. The van der Waals surface area contributed by atoms with E-state index in [0.29, 0.717) is 6.42 Å². The van der Waals surface area contributed by atoms with Gasteiger partial charge in [0.15, 0.2) is 0 Å². The van der Waals surface area contributed by atoms with Crippen LogP contribution in [0, 0.1) is 12.3 Å². The summed E-state index contributed by atoms with van der Waals surface area (Å²) in [5, 5.41) is 9.36. The van der Waals surface area contributed by atoms with E-state index in [2.05, 4.69) is 5.92 Å². The normalized spacial score (nSPS) is 12.3. The van der Waals surface area contributed by atoms with E-state index in [1.807, 2.05) is 30.3 Å². The quantitative estimate of drug-likeness (QED) is 0.757. The Kier molecular flexibility index (Phi) is 4.46. The number of aliphatic hydroxyl groups excluding tert-OH is 1. The number of terminal acetylenes is 1. The van der Waals surface area contributed by atoms with Gasteiger partial charge in [-0.1, -0.05) is 24.3 Å². The fraction of sp³-hybridized carbons (Fsp3) is 0.231. The zero-order valence-corrected chi connectivity index (χ0v) is 8.68. The molecule has 2 heteroatoms. The van der Waals surface area contributed by atoms with Crippen LogP contribution in [0.2, 0.25) is 0 Å². The van der Waals surface area contributed by atoms with Gasteiger partial charge in [-0.3, -0.25) is 0 Å². The largest absolute Gasteiger partial charge is 0.497 e. The molecule has 0 radical (unpaired) electrons. The van der Waals surface area contributed by atoms with Crippen molar-refractivity contribution in [2.75, 3.05) is 7.11 Å². The van der Waals surface area contributed by atoms with Gasteiger partial charge in [0.1, 0.15) is 5.75 Å². The molecule has 1 aromatic carbocycles. The van der Waals surface area contributed by atoms with Crippen LogP contribution < -0.4 is 4.74 Å². The summed E-state index contributed by atoms with van der Waals surface area (Å²) < 4.78 is 5.03. The minimum absolute atomic E-state index is 0.340. The Hall–Kier alpha value is -1.72. The number of ether oxygens (including phenoxy) is 1. The molecule has 0 spiro atoms. The van der Waals surface area contributed by atoms with Crippen LogP contribution in [-0.4, -0.2) is 18.3 Å². The first-order valence-electron chi connectivity index (χ1n) is 4.70. The van der Waals surface area contributed by atoms with Crippen molar-refractivity contribution in [1.82, 2.24) is 0 Å². The van der Waals surface area contributed by atoms with Crippen LogP contribution in [0.25, 0.3) is 6.08 Å². The molecule has 0 bridgehead atoms. The van der Waals surface area contributed by atoms with Gasteiger partial charge in [-0.25, -0.2) is 0 Å². The number of benzene rings is 1. The lowest BCUT2D eigenvalue weighted by Crippen LogP contribution is -1.98. The number of aliphatic hydroxyl groups is 1. The van der Waals surface area contributed by atoms with Gasteiger partial charge in [0.2, 0.25) is 0 Å². The van der Waals surface area contributed by atoms with Crippen molar-refractivity contribution < 1.29 is 9.84 Å². The second-order valence-electron chi connectivity index (χ2n) is 3.11. The molecule has 1 rings (SSSR count). The van der Waals surface area contributed by atoms with Crippen molar-refractivity contribution in [1.29, 1.82) is 0 Å². The number of hydrogen-bond acceptors (Lipinski definition) is 2. The zero-order chi connectivity index (χ0) is 11.1. The average Bonchev–Trinajstić information content (AvgIpc) is 2.27. The van der Waals surface area contributed by atoms with Crippen molar-refractivity contribution in [3.8, 4) is 18.1 Å². The Bertz CT molecular complexity index is 357. The molecule has 1 unspecified atom stereocenters. The van der Waals surface area contributed by atoms with Crippen molar-refractivity contribution in [3.63, 3.8) is 0 Å². The highest BCUT2D eigenvalue weighted by Crippen LogP contribution is 2.12. The van der Waals surface area contributed by atoms with Crippen LogP contribution in [0.3, 0.4) is 0 Å². The Morgan fingerprint density at radius 2 is 2.13 bits per heavy atom. The van der Waals surface area contributed by atoms with E-state index < -0.39 is 6.10 Å². The van der Waals surface area contributed by atoms with Gasteiger partial charge in [-0.05, 0) is 17.7 Å². The fourth-order valence-electron chi connectivity index (χ4n) is 1.13. The van der Waals surface area contributed by atoms with Crippen molar-refractivity contribution in [3.05, 3.63) is 35.9 Å². The van der Waals surface area contributed by atoms with E-state index in [-0.39, 0.29) is 0 Å². The Balaban J connectivity index is 2.61. The van der Waals surface area contributed by atoms with E-state index in [4.69, 9.17) is 11.2 Å². The third-order valence-electron chi connectivity index (χ3n) is 1.95. The minimum atomic E-state index is -0.572. The van der Waals surface area contributed by atoms with Crippen molar-refractivity contribution in [2.24, 2.45) is 0 Å². The van der Waals surface area contributed by atoms with Gasteiger partial charge in [-0.2, -0.15) is 0 Å². The smallest absolute Gasteiger partial charge is 0.118 e. The molecule has 0 heterocycles. The number of methoxy groups -OCH3 is 1. The van der Waals surface area contributed by atoms with Gasteiger partial charge in [0, 0.05) is 6.42 Å². The highest BCUT2D eigenvalue weighted by atomic mass is 16.5. The summed E-state index contributed by atoms with van der Waals surface area (Å²) in [6.07, 6.45) is 8.36. The number of rotatable bonds is 4. The summed E-state index contributed by atoms with van der Waals surface area (Å²) in [5.41, 5.74) is 1.01. The van der Waals surface area contributed by atoms with Crippen LogP contribution in [0.4, 0.5) is 0 Å². The molecule has 0 saturated heterocycles. The van der Waals surface area contributed by atoms with E-state index in [9.17, 15) is 5.11 Å². The first-order valence-corrected chi connectivity index (χ1v) is 4.70. The first-order chi connectivity index (χ1) is 7.26. The molecular formula is C13H14O2. The molecule has 0 amide bonds. The minimum Gasteiger partial charge on any atom is -0.497 e. The van der Waals surface area contributed by atoms with E-state index in [1.54, 1.807) is 13.2 Å². The van der Waals surface area contributed by atoms with Gasteiger partial charge >= 0.3 is 0 Å². The van der Waals surface area contributed by atoms with Gasteiger partial charge in [0.05, 0.1) is 13.2 Å². The molecule has 0 aliphatic carbocycles. The lowest BCUT2D eigenvalue weighted by atomic mass is 10.1. The summed E-state index contributed by atoms with van der Waals surface area (Å²) in [6, 6.07) is 7.57. The molecule has 0 fully saturated rings. The summed E-state index contributed by atoms with van der Waals surface area (Å²) in [4.78, 5) is 0. The highest BCUT2D eigenvalue weighted by molar-refractivity contribution is 5.51. The van der Waals surface area contributed by atoms with Crippen LogP contribution in [-0.2, 0) is 0 Å². The second-order valence-corrected chi connectivity index (χ2v) is 3.11. The van der Waals surface area contributed by atoms with Crippen molar-refractivity contribution in [2.45, 2.75) is 12.5 Å². The fourth-order valence-corrected chi connectivity index (χ4v) is 1.13. The maximum absolute atomic E-state index is 9.36. The molecule has 0 aliphatic rings. The molecule has 78 valence electrons. The molecule has 0 saturated carbocycles. The average molecular weight is 202 g/mol. The summed E-state index contributed by atoms with van der Waals surface area (Å²) in [7, 11) is 1.63. The maximum atomic E-state index is 9.36. The Labute approximate surface area is 90.2 Å². The summed E-state index contributed by atoms with van der Waals surface area (Å²) in [5.74, 6) is 3.22. The molecule has 15 heavy (non-hydrogen) atoms. The third kappa shape index (κ3) is 3.88. The molecule has 1 N–H and O–H groups in total. The monoisotopic (exact) mass is 202 g/mol. The van der Waals surface area contributed by atoms with E-state index in [0.717, 1.165) is 11.3 Å². The zero-order valence-electron chi connectivity index (χ0n) is 8.68. The van der Waals surface area contributed by atoms with Crippen LogP contribution in [0.5, 0.6) is 5.75 Å². The Morgan fingerprint density at radius 1 is 1.47 bits per heavy atom. The third-order valence-corrected chi connectivity index (χ3v) is 1.95. The molecular weight excluding hydrogens is 188 g/mol. The standard InChI is InChI=1S/C13H14O2/c1-3-4-12(14)8-5-11-6-9-13(15-2)10-7-11/h1,5-10,12,14H,4H2,2H3. The van der Waals surface area contributed by atoms with Crippen LogP contribution in [0.1, 0.15) is 12.0 Å². The van der Waals surface area contributed by atoms with Gasteiger partial charge in [0.25, 0.3) is 0 Å². The molecule has 0 aliphatic heterocycles. The SMILES string of the molecule is C#CCC(O)C=Cc1ccc(OC)cc1.